The minimum atomic E-state index is 0.565. The summed E-state index contributed by atoms with van der Waals surface area (Å²) in [6, 6.07) is 10.7. The molecule has 0 aliphatic carbocycles. The van der Waals surface area contributed by atoms with Crippen LogP contribution in [0.2, 0.25) is 0 Å². The molecule has 0 amide bonds. The summed E-state index contributed by atoms with van der Waals surface area (Å²) >= 11 is 0. The van der Waals surface area contributed by atoms with E-state index in [1.54, 1.807) is 6.20 Å². The molecule has 1 aromatic rings. The van der Waals surface area contributed by atoms with E-state index in [1.165, 1.54) is 24.2 Å². The largest absolute Gasteiger partial charge is 0.366 e. The molecule has 2 rings (SSSR count). The summed E-state index contributed by atoms with van der Waals surface area (Å²) in [7, 11) is 4.14. The first-order chi connectivity index (χ1) is 9.70. The Morgan fingerprint density at radius 2 is 1.95 bits per heavy atom. The molecule has 20 heavy (non-hydrogen) atoms. The average Bonchev–Trinajstić information content (AvgIpc) is 2.47. The van der Waals surface area contributed by atoms with Crippen molar-refractivity contribution in [1.29, 1.82) is 0 Å². The molecule has 1 aliphatic heterocycles. The van der Waals surface area contributed by atoms with Gasteiger partial charge in [-0.05, 0) is 31.5 Å². The van der Waals surface area contributed by atoms with Gasteiger partial charge in [-0.3, -0.25) is 4.90 Å². The number of piperidine rings is 1. The summed E-state index contributed by atoms with van der Waals surface area (Å²) in [4.78, 5) is 9.10. The fraction of sp³-hybridized carbons (Fsp3) is 0.471. The average molecular weight is 271 g/mol. The van der Waals surface area contributed by atoms with Gasteiger partial charge in [-0.2, -0.15) is 0 Å². The maximum atomic E-state index is 4.44. The molecule has 3 nitrogen and oxygen atoms in total. The highest BCUT2D eigenvalue weighted by atomic mass is 15.2. The van der Waals surface area contributed by atoms with Crippen molar-refractivity contribution < 1.29 is 0 Å². The first-order valence-corrected chi connectivity index (χ1v) is 7.33. The molecule has 1 fully saturated rings. The van der Waals surface area contributed by atoms with E-state index in [-0.39, 0.29) is 0 Å². The molecule has 108 valence electrons. The Labute approximate surface area is 122 Å². The number of rotatable bonds is 4. The fourth-order valence-corrected chi connectivity index (χ4v) is 2.87. The zero-order chi connectivity index (χ0) is 14.4. The lowest BCUT2D eigenvalue weighted by atomic mass is 9.94. The third-order valence-corrected chi connectivity index (χ3v) is 3.88. The van der Waals surface area contributed by atoms with Gasteiger partial charge in [0.2, 0.25) is 0 Å². The molecule has 0 spiro atoms. The lowest BCUT2D eigenvalue weighted by Gasteiger charge is -2.34. The summed E-state index contributed by atoms with van der Waals surface area (Å²) in [5.41, 5.74) is 1.40. The number of hydrogen-bond donors (Lipinski definition) is 0. The van der Waals surface area contributed by atoms with Crippen molar-refractivity contribution in [2.75, 3.05) is 27.2 Å². The summed E-state index contributed by atoms with van der Waals surface area (Å²) in [5.74, 6) is 1.73. The van der Waals surface area contributed by atoms with Gasteiger partial charge < -0.3 is 4.90 Å². The molecule has 1 aliphatic rings. The first-order valence-electron chi connectivity index (χ1n) is 7.33. The number of amidine groups is 1. The third kappa shape index (κ3) is 3.94. The van der Waals surface area contributed by atoms with Gasteiger partial charge in [0.15, 0.2) is 0 Å². The van der Waals surface area contributed by atoms with Crippen LogP contribution in [0.1, 0.15) is 18.4 Å². The van der Waals surface area contributed by atoms with Crippen molar-refractivity contribution >= 4 is 5.84 Å². The van der Waals surface area contributed by atoms with Crippen molar-refractivity contribution in [3.63, 3.8) is 0 Å². The van der Waals surface area contributed by atoms with Crippen LogP contribution in [0.15, 0.2) is 48.1 Å². The van der Waals surface area contributed by atoms with Crippen LogP contribution in [-0.2, 0) is 6.54 Å². The standard InChI is InChI=1S/C17H25N3/c1-4-18-17(19(2)3)16-10-12-20(13-11-16)14-15-8-6-5-7-9-15/h4-9,16H,1,10-14H2,2-3H3. The molecule has 0 unspecified atom stereocenters. The van der Waals surface area contributed by atoms with Crippen molar-refractivity contribution in [3.8, 4) is 0 Å². The second-order valence-corrected chi connectivity index (χ2v) is 5.60. The number of benzene rings is 1. The third-order valence-electron chi connectivity index (χ3n) is 3.88. The molecule has 0 bridgehead atoms. The van der Waals surface area contributed by atoms with Crippen molar-refractivity contribution in [1.82, 2.24) is 9.80 Å². The molecule has 0 N–H and O–H groups in total. The lowest BCUT2D eigenvalue weighted by Crippen LogP contribution is -2.39. The topological polar surface area (TPSA) is 18.8 Å². The quantitative estimate of drug-likeness (QED) is 0.619. The molecule has 0 radical (unpaired) electrons. The Hall–Kier alpha value is -1.61. The highest BCUT2D eigenvalue weighted by Gasteiger charge is 2.24. The monoisotopic (exact) mass is 271 g/mol. The van der Waals surface area contributed by atoms with Crippen molar-refractivity contribution in [3.05, 3.63) is 48.7 Å². The van der Waals surface area contributed by atoms with Gasteiger partial charge in [0.1, 0.15) is 5.84 Å². The van der Waals surface area contributed by atoms with Crippen molar-refractivity contribution in [2.45, 2.75) is 19.4 Å². The Morgan fingerprint density at radius 1 is 1.30 bits per heavy atom. The zero-order valence-electron chi connectivity index (χ0n) is 12.6. The Balaban J connectivity index is 1.89. The summed E-state index contributed by atoms with van der Waals surface area (Å²) in [5, 5.41) is 0. The van der Waals surface area contributed by atoms with Crippen LogP contribution in [0, 0.1) is 5.92 Å². The summed E-state index contributed by atoms with van der Waals surface area (Å²) < 4.78 is 0. The van der Waals surface area contributed by atoms with Crippen LogP contribution in [-0.4, -0.2) is 42.8 Å². The van der Waals surface area contributed by atoms with Crippen LogP contribution in [0.4, 0.5) is 0 Å². The van der Waals surface area contributed by atoms with E-state index in [4.69, 9.17) is 0 Å². The SMILES string of the molecule is C=CN=C(C1CCN(Cc2ccccc2)CC1)N(C)C. The maximum absolute atomic E-state index is 4.44. The van der Waals surface area contributed by atoms with E-state index in [0.717, 1.165) is 19.6 Å². The molecule has 0 saturated carbocycles. The summed E-state index contributed by atoms with van der Waals surface area (Å²) in [6.45, 7) is 7.07. The van der Waals surface area contributed by atoms with Crippen LogP contribution in [0.3, 0.4) is 0 Å². The van der Waals surface area contributed by atoms with Crippen molar-refractivity contribution in [2.24, 2.45) is 10.9 Å². The molecular weight excluding hydrogens is 246 g/mol. The number of aliphatic imine (C=N–C) groups is 1. The predicted molar refractivity (Wildman–Crippen MR) is 85.8 cm³/mol. The fourth-order valence-electron chi connectivity index (χ4n) is 2.87. The van der Waals surface area contributed by atoms with Gasteiger partial charge in [0.05, 0.1) is 0 Å². The van der Waals surface area contributed by atoms with Gasteiger partial charge in [-0.15, -0.1) is 0 Å². The molecule has 3 heteroatoms. The zero-order valence-corrected chi connectivity index (χ0v) is 12.6. The smallest absolute Gasteiger partial charge is 0.107 e. The molecular formula is C17H25N3. The minimum absolute atomic E-state index is 0.565. The van der Waals surface area contributed by atoms with Crippen LogP contribution in [0.5, 0.6) is 0 Å². The number of likely N-dealkylation sites (tertiary alicyclic amines) is 1. The molecule has 0 aromatic heterocycles. The maximum Gasteiger partial charge on any atom is 0.107 e. The minimum Gasteiger partial charge on any atom is -0.366 e. The summed E-state index contributed by atoms with van der Waals surface area (Å²) in [6.07, 6.45) is 4.01. The van der Waals surface area contributed by atoms with E-state index in [0.29, 0.717) is 5.92 Å². The molecule has 0 atom stereocenters. The second-order valence-electron chi connectivity index (χ2n) is 5.60. The van der Waals surface area contributed by atoms with Gasteiger partial charge >= 0.3 is 0 Å². The van der Waals surface area contributed by atoms with Crippen LogP contribution < -0.4 is 0 Å². The van der Waals surface area contributed by atoms with Gasteiger partial charge in [-0.25, -0.2) is 4.99 Å². The van der Waals surface area contributed by atoms with E-state index < -0.39 is 0 Å². The Kier molecular flexibility index (Phi) is 5.36. The highest BCUT2D eigenvalue weighted by molar-refractivity contribution is 5.84. The molecule has 1 heterocycles. The van der Waals surface area contributed by atoms with Crippen LogP contribution >= 0.6 is 0 Å². The highest BCUT2D eigenvalue weighted by Crippen LogP contribution is 2.21. The van der Waals surface area contributed by atoms with Crippen LogP contribution in [0.25, 0.3) is 0 Å². The number of nitrogens with zero attached hydrogens (tertiary/aromatic N) is 3. The van der Waals surface area contributed by atoms with E-state index in [1.807, 2.05) is 0 Å². The second kappa shape index (κ2) is 7.25. The van der Waals surface area contributed by atoms with Gasteiger partial charge in [-0.1, -0.05) is 36.9 Å². The van der Waals surface area contributed by atoms with E-state index in [9.17, 15) is 0 Å². The lowest BCUT2D eigenvalue weighted by molar-refractivity contribution is 0.197. The predicted octanol–water partition coefficient (Wildman–Crippen LogP) is 3.00. The van der Waals surface area contributed by atoms with Gasteiger partial charge in [0.25, 0.3) is 0 Å². The molecule has 1 aromatic carbocycles. The van der Waals surface area contributed by atoms with E-state index >= 15 is 0 Å². The number of hydrogen-bond acceptors (Lipinski definition) is 2. The van der Waals surface area contributed by atoms with Gasteiger partial charge in [0, 0.05) is 32.8 Å². The molecule has 1 saturated heterocycles. The Bertz CT molecular complexity index is 443. The normalized spacial score (nSPS) is 18.0. The first kappa shape index (κ1) is 14.8. The Morgan fingerprint density at radius 3 is 2.50 bits per heavy atom. The van der Waals surface area contributed by atoms with E-state index in [2.05, 4.69) is 65.8 Å².